The number of Topliss-reactive ketones (excluding diaryl/α,β-unsaturated/α-hetero) is 1. The van der Waals surface area contributed by atoms with Crippen molar-refractivity contribution in [1.29, 1.82) is 0 Å². The maximum Gasteiger partial charge on any atom is 0.346 e. The van der Waals surface area contributed by atoms with Gasteiger partial charge in [0, 0.05) is 24.1 Å². The average Bonchev–Trinajstić information content (AvgIpc) is 2.93. The molecule has 2 heterocycles. The maximum absolute atomic E-state index is 13.2. The first kappa shape index (κ1) is 21.7. The van der Waals surface area contributed by atoms with Gasteiger partial charge in [0.05, 0.1) is 0 Å². The molecule has 0 spiro atoms. The highest BCUT2D eigenvalue weighted by Gasteiger charge is 2.27. The van der Waals surface area contributed by atoms with Crippen LogP contribution in [0.5, 0.6) is 0 Å². The van der Waals surface area contributed by atoms with Crippen LogP contribution in [0, 0.1) is 13.8 Å². The summed E-state index contributed by atoms with van der Waals surface area (Å²) in [6, 6.07) is 14.4. The fourth-order valence-electron chi connectivity index (χ4n) is 3.90. The normalized spacial score (nSPS) is 14.3. The molecule has 2 aromatic carbocycles. The number of aromatic nitrogens is 3. The van der Waals surface area contributed by atoms with Crippen LogP contribution in [0.25, 0.3) is 0 Å². The number of ketones is 1. The molecule has 1 aliphatic heterocycles. The Hall–Kier alpha value is -3.48. The molecule has 0 saturated heterocycles. The van der Waals surface area contributed by atoms with Crippen LogP contribution >= 0.6 is 0 Å². The first-order valence-electron chi connectivity index (χ1n) is 11.0. The molecular weight excluding hydrogens is 406 g/mol. The van der Waals surface area contributed by atoms with E-state index >= 15 is 0 Å². The molecule has 0 aliphatic carbocycles. The molecule has 0 N–H and O–H groups in total. The zero-order valence-corrected chi connectivity index (χ0v) is 18.4. The molecule has 1 aliphatic rings. The van der Waals surface area contributed by atoms with Crippen LogP contribution < -0.4 is 5.69 Å². The first-order valence-corrected chi connectivity index (χ1v) is 11.0. The molecule has 32 heavy (non-hydrogen) atoms. The van der Waals surface area contributed by atoms with Gasteiger partial charge >= 0.3 is 11.7 Å². The Kier molecular flexibility index (Phi) is 6.35. The molecule has 0 amide bonds. The van der Waals surface area contributed by atoms with E-state index in [2.05, 4.69) is 5.10 Å². The lowest BCUT2D eigenvalue weighted by Gasteiger charge is -2.18. The van der Waals surface area contributed by atoms with Gasteiger partial charge in [-0.15, -0.1) is 0 Å². The van der Waals surface area contributed by atoms with E-state index < -0.39 is 12.1 Å². The fraction of sp³-hybridized carbons (Fsp3) is 0.360. The highest BCUT2D eigenvalue weighted by molar-refractivity contribution is 6.01. The van der Waals surface area contributed by atoms with Crippen molar-refractivity contribution in [3.63, 3.8) is 0 Å². The van der Waals surface area contributed by atoms with Crippen molar-refractivity contribution in [3.8, 4) is 0 Å². The van der Waals surface area contributed by atoms with Gasteiger partial charge in [-0.1, -0.05) is 66.1 Å². The van der Waals surface area contributed by atoms with Gasteiger partial charge in [-0.2, -0.15) is 5.10 Å². The minimum atomic E-state index is -1.10. The number of benzene rings is 2. The monoisotopic (exact) mass is 433 g/mol. The summed E-state index contributed by atoms with van der Waals surface area (Å²) in [5, 5.41) is 4.34. The van der Waals surface area contributed by atoms with Crippen molar-refractivity contribution in [1.82, 2.24) is 14.3 Å². The highest BCUT2D eigenvalue weighted by Crippen LogP contribution is 2.24. The number of carbonyl (C=O) groups excluding carboxylic acids is 2. The summed E-state index contributed by atoms with van der Waals surface area (Å²) in [6.45, 7) is 4.17. The van der Waals surface area contributed by atoms with Gasteiger partial charge in [0.25, 0.3) is 0 Å². The predicted molar refractivity (Wildman–Crippen MR) is 120 cm³/mol. The van der Waals surface area contributed by atoms with Gasteiger partial charge in [-0.25, -0.2) is 9.48 Å². The molecule has 0 radical (unpaired) electrons. The van der Waals surface area contributed by atoms with Gasteiger partial charge in [-0.05, 0) is 26.7 Å². The van der Waals surface area contributed by atoms with Gasteiger partial charge in [0.1, 0.15) is 12.4 Å². The summed E-state index contributed by atoms with van der Waals surface area (Å²) in [7, 11) is 0. The zero-order chi connectivity index (χ0) is 22.7. The molecule has 7 heteroatoms. The maximum atomic E-state index is 13.2. The van der Waals surface area contributed by atoms with Crippen molar-refractivity contribution >= 4 is 11.8 Å². The van der Waals surface area contributed by atoms with Gasteiger partial charge in [-0.3, -0.25) is 14.2 Å². The minimum absolute atomic E-state index is 0.310. The molecule has 4 rings (SSSR count). The molecule has 1 atom stereocenters. The van der Waals surface area contributed by atoms with Gasteiger partial charge < -0.3 is 4.74 Å². The van der Waals surface area contributed by atoms with Crippen LogP contribution in [0.3, 0.4) is 0 Å². The Balaban J connectivity index is 1.57. The smallest absolute Gasteiger partial charge is 0.346 e. The number of hydrogen-bond donors (Lipinski definition) is 0. The second-order valence-electron chi connectivity index (χ2n) is 8.33. The van der Waals surface area contributed by atoms with Crippen LogP contribution in [0.2, 0.25) is 0 Å². The highest BCUT2D eigenvalue weighted by atomic mass is 16.5. The number of ether oxygens (including phenoxy) is 1. The SMILES string of the molecule is Cc1ccc(C(=O)C(OC(=O)Cn2nc3n(c2=O)CCCCC3)c2ccc(C)cc2)cc1. The van der Waals surface area contributed by atoms with Crippen LogP contribution in [-0.2, 0) is 29.0 Å². The number of esters is 1. The fourth-order valence-corrected chi connectivity index (χ4v) is 3.90. The van der Waals surface area contributed by atoms with Crippen LogP contribution in [0.1, 0.15) is 58.2 Å². The zero-order valence-electron chi connectivity index (χ0n) is 18.4. The van der Waals surface area contributed by atoms with E-state index in [1.54, 1.807) is 28.8 Å². The Morgan fingerprint density at radius 1 is 0.969 bits per heavy atom. The lowest BCUT2D eigenvalue weighted by atomic mass is 9.98. The van der Waals surface area contributed by atoms with Crippen LogP contribution in [0.15, 0.2) is 53.3 Å². The molecule has 166 valence electrons. The van der Waals surface area contributed by atoms with Crippen molar-refractivity contribution < 1.29 is 14.3 Å². The lowest BCUT2D eigenvalue weighted by molar-refractivity contribution is -0.148. The standard InChI is InChI=1S/C25H27N3O4/c1-17-7-11-19(12-8-17)23(30)24(20-13-9-18(2)10-14-20)32-22(29)16-28-25(31)27-15-5-3-4-6-21(27)26-28/h7-14,24H,3-6,15-16H2,1-2H3. The topological polar surface area (TPSA) is 83.2 Å². The summed E-state index contributed by atoms with van der Waals surface area (Å²) >= 11 is 0. The summed E-state index contributed by atoms with van der Waals surface area (Å²) < 4.78 is 8.42. The molecule has 0 saturated carbocycles. The number of aryl methyl sites for hydroxylation is 3. The third-order valence-electron chi connectivity index (χ3n) is 5.76. The van der Waals surface area contributed by atoms with Crippen LogP contribution in [-0.4, -0.2) is 26.1 Å². The van der Waals surface area contributed by atoms with Crippen molar-refractivity contribution in [3.05, 3.63) is 87.1 Å². The van der Waals surface area contributed by atoms with E-state index in [0.717, 1.165) is 41.5 Å². The summed E-state index contributed by atoms with van der Waals surface area (Å²) in [5.41, 5.74) is 2.80. The third kappa shape index (κ3) is 4.72. The number of carbonyl (C=O) groups is 2. The number of hydrogen-bond acceptors (Lipinski definition) is 5. The molecule has 3 aromatic rings. The largest absolute Gasteiger partial charge is 0.448 e. The Morgan fingerprint density at radius 2 is 1.62 bits per heavy atom. The lowest BCUT2D eigenvalue weighted by Crippen LogP contribution is -2.30. The van der Waals surface area contributed by atoms with E-state index in [4.69, 9.17) is 4.74 Å². The van der Waals surface area contributed by atoms with Crippen molar-refractivity contribution in [2.24, 2.45) is 0 Å². The molecule has 7 nitrogen and oxygen atoms in total. The Labute approximate surface area is 186 Å². The number of rotatable bonds is 6. The van der Waals surface area contributed by atoms with E-state index in [-0.39, 0.29) is 18.0 Å². The van der Waals surface area contributed by atoms with E-state index in [0.29, 0.717) is 23.5 Å². The van der Waals surface area contributed by atoms with Gasteiger partial charge in [0.2, 0.25) is 5.78 Å². The first-order chi connectivity index (χ1) is 15.4. The second-order valence-corrected chi connectivity index (χ2v) is 8.33. The minimum Gasteiger partial charge on any atom is -0.448 e. The van der Waals surface area contributed by atoms with Crippen molar-refractivity contribution in [2.75, 3.05) is 0 Å². The quantitative estimate of drug-likeness (QED) is 0.439. The average molecular weight is 434 g/mol. The molecule has 1 unspecified atom stereocenters. The van der Waals surface area contributed by atoms with E-state index in [9.17, 15) is 14.4 Å². The summed E-state index contributed by atoms with van der Waals surface area (Å²) in [5.74, 6) is -0.285. The Morgan fingerprint density at radius 3 is 2.31 bits per heavy atom. The number of nitrogens with zero attached hydrogens (tertiary/aromatic N) is 3. The predicted octanol–water partition coefficient (Wildman–Crippen LogP) is 3.56. The second kappa shape index (κ2) is 9.34. The van der Waals surface area contributed by atoms with Crippen LogP contribution in [0.4, 0.5) is 0 Å². The molecule has 1 aromatic heterocycles. The molecule has 0 bridgehead atoms. The molecule has 0 fully saturated rings. The third-order valence-corrected chi connectivity index (χ3v) is 5.76. The number of fused-ring (bicyclic) bond motifs is 1. The molecular formula is C25H27N3O4. The van der Waals surface area contributed by atoms with E-state index in [1.807, 2.05) is 38.1 Å². The van der Waals surface area contributed by atoms with Crippen molar-refractivity contribution in [2.45, 2.75) is 58.7 Å². The van der Waals surface area contributed by atoms with E-state index in [1.165, 1.54) is 0 Å². The summed E-state index contributed by atoms with van der Waals surface area (Å²) in [4.78, 5) is 38.7. The van der Waals surface area contributed by atoms with Gasteiger partial charge in [0.15, 0.2) is 6.10 Å². The Bertz CT molecular complexity index is 1170. The summed E-state index contributed by atoms with van der Waals surface area (Å²) in [6.07, 6.45) is 2.58.